The Morgan fingerprint density at radius 2 is 2.07 bits per heavy atom. The maximum Gasteiger partial charge on any atom is 0.119 e. The van der Waals surface area contributed by atoms with Crippen LogP contribution in [0.4, 0.5) is 0 Å². The molecule has 3 nitrogen and oxygen atoms in total. The summed E-state index contributed by atoms with van der Waals surface area (Å²) >= 11 is 0. The third-order valence-corrected chi connectivity index (χ3v) is 2.13. The van der Waals surface area contributed by atoms with E-state index in [1.165, 1.54) is 0 Å². The fraction of sp³-hybridized carbons (Fsp3) is 0.400. The van der Waals surface area contributed by atoms with Gasteiger partial charge in [0.25, 0.3) is 0 Å². The van der Waals surface area contributed by atoms with E-state index in [1.807, 2.05) is 25.1 Å². The number of rotatable bonds is 3. The van der Waals surface area contributed by atoms with Gasteiger partial charge in [-0.05, 0) is 30.2 Å². The summed E-state index contributed by atoms with van der Waals surface area (Å²) in [4.78, 5) is 0. The zero-order chi connectivity index (χ0) is 9.84. The van der Waals surface area contributed by atoms with Crippen molar-refractivity contribution in [3.63, 3.8) is 0 Å². The molecule has 0 aliphatic heterocycles. The van der Waals surface area contributed by atoms with Gasteiger partial charge in [0.2, 0.25) is 0 Å². The number of ether oxygens (including phenoxy) is 1. The lowest BCUT2D eigenvalue weighted by Gasteiger charge is -2.13. The molecular weight excluding hydrogens is 200 g/mol. The van der Waals surface area contributed by atoms with Crippen molar-refractivity contribution in [2.24, 2.45) is 11.5 Å². The van der Waals surface area contributed by atoms with Crippen LogP contribution < -0.4 is 16.2 Å². The van der Waals surface area contributed by atoms with E-state index in [9.17, 15) is 0 Å². The second-order valence-electron chi connectivity index (χ2n) is 3.06. The molecule has 1 atom stereocenters. The number of hydrogen-bond donors (Lipinski definition) is 2. The van der Waals surface area contributed by atoms with Crippen LogP contribution in [0, 0.1) is 6.92 Å². The van der Waals surface area contributed by atoms with Gasteiger partial charge in [0.05, 0.1) is 7.11 Å². The first kappa shape index (κ1) is 13.2. The summed E-state index contributed by atoms with van der Waals surface area (Å²) in [7, 11) is 1.65. The molecule has 0 saturated carbocycles. The van der Waals surface area contributed by atoms with Crippen LogP contribution in [0.3, 0.4) is 0 Å². The summed E-state index contributed by atoms with van der Waals surface area (Å²) in [6.45, 7) is 2.47. The number of halogens is 1. The summed E-state index contributed by atoms with van der Waals surface area (Å²) < 4.78 is 5.09. The van der Waals surface area contributed by atoms with Gasteiger partial charge >= 0.3 is 0 Å². The van der Waals surface area contributed by atoms with Gasteiger partial charge in [-0.15, -0.1) is 12.4 Å². The average molecular weight is 217 g/mol. The predicted molar refractivity (Wildman–Crippen MR) is 61.0 cm³/mol. The minimum atomic E-state index is -0.0779. The highest BCUT2D eigenvalue weighted by molar-refractivity contribution is 5.85. The highest BCUT2D eigenvalue weighted by Crippen LogP contribution is 2.20. The van der Waals surface area contributed by atoms with Crippen molar-refractivity contribution < 1.29 is 4.74 Å². The molecule has 0 amide bonds. The summed E-state index contributed by atoms with van der Waals surface area (Å²) in [5, 5.41) is 0. The second kappa shape index (κ2) is 5.86. The van der Waals surface area contributed by atoms with E-state index in [1.54, 1.807) is 7.11 Å². The van der Waals surface area contributed by atoms with Crippen molar-refractivity contribution in [2.75, 3.05) is 13.7 Å². The summed E-state index contributed by atoms with van der Waals surface area (Å²) in [6.07, 6.45) is 0. The molecule has 14 heavy (non-hydrogen) atoms. The molecule has 0 aliphatic rings. The van der Waals surface area contributed by atoms with Crippen molar-refractivity contribution in [3.8, 4) is 5.75 Å². The molecule has 0 aliphatic carbocycles. The van der Waals surface area contributed by atoms with Crippen LogP contribution in [0.25, 0.3) is 0 Å². The SMILES string of the molecule is COc1ccc([C@@H](N)CN)c(C)c1.Cl. The lowest BCUT2D eigenvalue weighted by Crippen LogP contribution is -2.21. The average Bonchev–Trinajstić information content (AvgIpc) is 2.16. The van der Waals surface area contributed by atoms with Crippen molar-refractivity contribution in [1.29, 1.82) is 0 Å². The fourth-order valence-corrected chi connectivity index (χ4v) is 1.32. The molecule has 0 heterocycles. The Morgan fingerprint density at radius 1 is 1.43 bits per heavy atom. The van der Waals surface area contributed by atoms with Gasteiger partial charge in [-0.25, -0.2) is 0 Å². The smallest absolute Gasteiger partial charge is 0.119 e. The molecule has 0 saturated heterocycles. The maximum absolute atomic E-state index is 5.82. The monoisotopic (exact) mass is 216 g/mol. The molecule has 1 aromatic rings. The van der Waals surface area contributed by atoms with Gasteiger partial charge in [-0.3, -0.25) is 0 Å². The Morgan fingerprint density at radius 3 is 2.50 bits per heavy atom. The Labute approximate surface area is 90.8 Å². The first-order chi connectivity index (χ1) is 6.19. The number of nitrogens with two attached hydrogens (primary N) is 2. The van der Waals surface area contributed by atoms with Gasteiger partial charge in [-0.1, -0.05) is 6.07 Å². The quantitative estimate of drug-likeness (QED) is 0.803. The van der Waals surface area contributed by atoms with Crippen LogP contribution in [0.2, 0.25) is 0 Å². The first-order valence-electron chi connectivity index (χ1n) is 4.29. The van der Waals surface area contributed by atoms with E-state index in [0.29, 0.717) is 6.54 Å². The van der Waals surface area contributed by atoms with Gasteiger partial charge in [0, 0.05) is 12.6 Å². The molecule has 80 valence electrons. The molecule has 4 heteroatoms. The molecule has 0 bridgehead atoms. The molecule has 1 aromatic carbocycles. The van der Waals surface area contributed by atoms with Crippen LogP contribution in [0.15, 0.2) is 18.2 Å². The summed E-state index contributed by atoms with van der Waals surface area (Å²) in [5.41, 5.74) is 13.5. The van der Waals surface area contributed by atoms with Crippen molar-refractivity contribution >= 4 is 12.4 Å². The van der Waals surface area contributed by atoms with Gasteiger partial charge < -0.3 is 16.2 Å². The van der Waals surface area contributed by atoms with E-state index < -0.39 is 0 Å². The Hall–Kier alpha value is -0.770. The van der Waals surface area contributed by atoms with E-state index in [4.69, 9.17) is 16.2 Å². The molecule has 1 rings (SSSR count). The number of benzene rings is 1. The standard InChI is InChI=1S/C10H16N2O.ClH/c1-7-5-8(13-2)3-4-9(7)10(12)6-11;/h3-5,10H,6,11-12H2,1-2H3;1H/t10-;/m0./s1. The molecule has 0 radical (unpaired) electrons. The Kier molecular flexibility index (Phi) is 5.53. The fourth-order valence-electron chi connectivity index (χ4n) is 1.32. The minimum absolute atomic E-state index is 0. The third kappa shape index (κ3) is 2.87. The zero-order valence-corrected chi connectivity index (χ0v) is 9.30. The minimum Gasteiger partial charge on any atom is -0.497 e. The third-order valence-electron chi connectivity index (χ3n) is 2.13. The maximum atomic E-state index is 5.82. The molecule has 4 N–H and O–H groups in total. The summed E-state index contributed by atoms with van der Waals surface area (Å²) in [5.74, 6) is 0.852. The molecule has 0 spiro atoms. The first-order valence-corrected chi connectivity index (χ1v) is 4.29. The molecule has 0 fully saturated rings. The van der Waals surface area contributed by atoms with Crippen LogP contribution in [-0.2, 0) is 0 Å². The molecule has 0 unspecified atom stereocenters. The van der Waals surface area contributed by atoms with Crippen LogP contribution in [0.1, 0.15) is 17.2 Å². The van der Waals surface area contributed by atoms with Crippen molar-refractivity contribution in [2.45, 2.75) is 13.0 Å². The molecular formula is C10H17ClN2O. The van der Waals surface area contributed by atoms with E-state index in [0.717, 1.165) is 16.9 Å². The highest BCUT2D eigenvalue weighted by Gasteiger charge is 2.06. The lowest BCUT2D eigenvalue weighted by molar-refractivity contribution is 0.414. The van der Waals surface area contributed by atoms with E-state index >= 15 is 0 Å². The topological polar surface area (TPSA) is 61.3 Å². The zero-order valence-electron chi connectivity index (χ0n) is 8.49. The van der Waals surface area contributed by atoms with Crippen molar-refractivity contribution in [1.82, 2.24) is 0 Å². The number of methoxy groups -OCH3 is 1. The summed E-state index contributed by atoms with van der Waals surface area (Å²) in [6, 6.07) is 5.75. The Bertz CT molecular complexity index is 291. The number of aryl methyl sites for hydroxylation is 1. The largest absolute Gasteiger partial charge is 0.497 e. The van der Waals surface area contributed by atoms with Crippen LogP contribution >= 0.6 is 12.4 Å². The lowest BCUT2D eigenvalue weighted by atomic mass is 10.0. The Balaban J connectivity index is 0.00000169. The second-order valence-corrected chi connectivity index (χ2v) is 3.06. The van der Waals surface area contributed by atoms with Crippen LogP contribution in [0.5, 0.6) is 5.75 Å². The van der Waals surface area contributed by atoms with E-state index in [2.05, 4.69) is 0 Å². The van der Waals surface area contributed by atoms with Gasteiger partial charge in [0.15, 0.2) is 0 Å². The molecule has 0 aromatic heterocycles. The predicted octanol–water partition coefficient (Wildman–Crippen LogP) is 1.38. The normalized spacial score (nSPS) is 11.7. The van der Waals surface area contributed by atoms with Crippen LogP contribution in [-0.4, -0.2) is 13.7 Å². The van der Waals surface area contributed by atoms with Gasteiger partial charge in [-0.2, -0.15) is 0 Å². The van der Waals surface area contributed by atoms with E-state index in [-0.39, 0.29) is 18.4 Å². The van der Waals surface area contributed by atoms with Crippen molar-refractivity contribution in [3.05, 3.63) is 29.3 Å². The number of hydrogen-bond acceptors (Lipinski definition) is 3. The van der Waals surface area contributed by atoms with Gasteiger partial charge in [0.1, 0.15) is 5.75 Å². The highest BCUT2D eigenvalue weighted by atomic mass is 35.5.